The Hall–Kier alpha value is -2.07. The lowest BCUT2D eigenvalue weighted by Gasteiger charge is -2.27. The molecule has 0 N–H and O–H groups in total. The van der Waals surface area contributed by atoms with Gasteiger partial charge in [0.05, 0.1) is 4.91 Å². The zero-order valence-electron chi connectivity index (χ0n) is 15.6. The minimum Gasteiger partial charge on any atom is -0.457 e. The second kappa shape index (κ2) is 8.74. The summed E-state index contributed by atoms with van der Waals surface area (Å²) in [5.41, 5.74) is 0.935. The molecule has 4 rings (SSSR count). The van der Waals surface area contributed by atoms with Gasteiger partial charge in [0.25, 0.3) is 11.1 Å². The molecule has 6 nitrogen and oxygen atoms in total. The third-order valence-corrected chi connectivity index (χ3v) is 6.53. The van der Waals surface area contributed by atoms with E-state index in [1.54, 1.807) is 17.0 Å². The van der Waals surface area contributed by atoms with E-state index < -0.39 is 11.1 Å². The minimum absolute atomic E-state index is 0.174. The Balaban J connectivity index is 1.46. The van der Waals surface area contributed by atoms with Crippen LogP contribution in [-0.2, 0) is 9.59 Å². The zero-order valence-corrected chi connectivity index (χ0v) is 18.6. The summed E-state index contributed by atoms with van der Waals surface area (Å²) in [5, 5.41) is -0.420. The van der Waals surface area contributed by atoms with E-state index in [2.05, 4.69) is 22.6 Å². The Kier molecular flexibility index (Phi) is 6.09. The molecule has 1 aromatic heterocycles. The second-order valence-electron chi connectivity index (χ2n) is 6.92. The fourth-order valence-corrected chi connectivity index (χ4v) is 4.52. The molecule has 0 bridgehead atoms. The number of rotatable bonds is 4. The van der Waals surface area contributed by atoms with Crippen LogP contribution in [0.2, 0.25) is 0 Å². The van der Waals surface area contributed by atoms with Crippen LogP contribution < -0.4 is 0 Å². The Morgan fingerprint density at radius 1 is 1.07 bits per heavy atom. The summed E-state index contributed by atoms with van der Waals surface area (Å²) in [7, 11) is 0. The number of carbonyl (C=O) groups excluding carboxylic acids is 3. The number of carbonyl (C=O) groups is 3. The quantitative estimate of drug-likeness (QED) is 0.434. The van der Waals surface area contributed by atoms with E-state index in [0.717, 1.165) is 45.1 Å². The third-order valence-electron chi connectivity index (χ3n) is 4.90. The summed E-state index contributed by atoms with van der Waals surface area (Å²) in [6, 6.07) is 11.5. The molecule has 3 amide bonds. The van der Waals surface area contributed by atoms with Crippen molar-refractivity contribution in [3.05, 3.63) is 50.6 Å². The van der Waals surface area contributed by atoms with Crippen LogP contribution >= 0.6 is 34.4 Å². The number of thioether (sulfide) groups is 1. The summed E-state index contributed by atoms with van der Waals surface area (Å²) in [6.07, 6.45) is 4.61. The highest BCUT2D eigenvalue weighted by atomic mass is 127. The Labute approximate surface area is 186 Å². The number of hydrogen-bond donors (Lipinski definition) is 0. The van der Waals surface area contributed by atoms with Gasteiger partial charge in [-0.1, -0.05) is 12.1 Å². The number of benzene rings is 1. The van der Waals surface area contributed by atoms with Crippen molar-refractivity contribution in [2.45, 2.75) is 19.3 Å². The van der Waals surface area contributed by atoms with Gasteiger partial charge in [0.2, 0.25) is 5.91 Å². The van der Waals surface area contributed by atoms with Crippen LogP contribution in [0, 0.1) is 3.57 Å². The van der Waals surface area contributed by atoms with Gasteiger partial charge in [0, 0.05) is 28.3 Å². The van der Waals surface area contributed by atoms with Gasteiger partial charge in [-0.3, -0.25) is 19.3 Å². The van der Waals surface area contributed by atoms with Crippen LogP contribution in [0.5, 0.6) is 0 Å². The molecule has 29 heavy (non-hydrogen) atoms. The summed E-state index contributed by atoms with van der Waals surface area (Å²) >= 11 is 3.08. The normalized spacial score (nSPS) is 18.7. The number of hydrogen-bond acceptors (Lipinski definition) is 5. The first-order chi connectivity index (χ1) is 14.0. The van der Waals surface area contributed by atoms with Gasteiger partial charge < -0.3 is 9.32 Å². The third kappa shape index (κ3) is 4.58. The second-order valence-corrected chi connectivity index (χ2v) is 9.16. The first-order valence-electron chi connectivity index (χ1n) is 9.40. The van der Waals surface area contributed by atoms with Crippen molar-refractivity contribution < 1.29 is 18.8 Å². The molecule has 2 saturated heterocycles. The van der Waals surface area contributed by atoms with Gasteiger partial charge in [-0.2, -0.15) is 0 Å². The highest BCUT2D eigenvalue weighted by molar-refractivity contribution is 14.1. The van der Waals surface area contributed by atoms with Crippen LogP contribution in [0.25, 0.3) is 17.4 Å². The molecular weight excluding hydrogens is 503 g/mol. The lowest BCUT2D eigenvalue weighted by Crippen LogP contribution is -2.44. The van der Waals surface area contributed by atoms with Crippen LogP contribution in [0.4, 0.5) is 4.79 Å². The molecule has 2 fully saturated rings. The Morgan fingerprint density at radius 2 is 1.79 bits per heavy atom. The molecule has 0 saturated carbocycles. The van der Waals surface area contributed by atoms with Crippen molar-refractivity contribution in [3.8, 4) is 11.3 Å². The number of furan rings is 1. The number of nitrogens with zero attached hydrogens (tertiary/aromatic N) is 2. The Bertz CT molecular complexity index is 977. The van der Waals surface area contributed by atoms with E-state index in [1.165, 1.54) is 0 Å². The molecular formula is C21H19IN2O4S. The van der Waals surface area contributed by atoms with E-state index in [-0.39, 0.29) is 17.4 Å². The van der Waals surface area contributed by atoms with Gasteiger partial charge in [0.1, 0.15) is 18.1 Å². The van der Waals surface area contributed by atoms with Crippen LogP contribution in [0.3, 0.4) is 0 Å². The van der Waals surface area contributed by atoms with E-state index in [9.17, 15) is 14.4 Å². The molecule has 8 heteroatoms. The topological polar surface area (TPSA) is 70.8 Å². The van der Waals surface area contributed by atoms with E-state index >= 15 is 0 Å². The van der Waals surface area contributed by atoms with E-state index in [0.29, 0.717) is 24.6 Å². The number of imide groups is 1. The fourth-order valence-electron chi connectivity index (χ4n) is 3.34. The van der Waals surface area contributed by atoms with Crippen molar-refractivity contribution in [1.29, 1.82) is 0 Å². The first kappa shape index (κ1) is 20.2. The van der Waals surface area contributed by atoms with Crippen molar-refractivity contribution >= 4 is 57.5 Å². The maximum absolute atomic E-state index is 12.7. The molecule has 2 aromatic rings. The molecule has 0 unspecified atom stereocenters. The summed E-state index contributed by atoms with van der Waals surface area (Å²) in [5.74, 6) is 0.559. The van der Waals surface area contributed by atoms with E-state index in [1.807, 2.05) is 30.3 Å². The molecule has 150 valence electrons. The minimum atomic E-state index is -0.447. The molecule has 0 radical (unpaired) electrons. The maximum atomic E-state index is 12.7. The van der Waals surface area contributed by atoms with Crippen LogP contribution in [-0.4, -0.2) is 46.5 Å². The molecule has 0 aliphatic carbocycles. The van der Waals surface area contributed by atoms with Gasteiger partial charge in [-0.25, -0.2) is 0 Å². The summed E-state index contributed by atoms with van der Waals surface area (Å²) < 4.78 is 6.95. The summed E-state index contributed by atoms with van der Waals surface area (Å²) in [4.78, 5) is 40.4. The maximum Gasteiger partial charge on any atom is 0.294 e. The number of amides is 3. The number of likely N-dealkylation sites (tertiary alicyclic amines) is 1. The van der Waals surface area contributed by atoms with Crippen LogP contribution in [0.15, 0.2) is 45.7 Å². The van der Waals surface area contributed by atoms with E-state index in [4.69, 9.17) is 4.42 Å². The van der Waals surface area contributed by atoms with Crippen molar-refractivity contribution in [3.63, 3.8) is 0 Å². The monoisotopic (exact) mass is 522 g/mol. The molecule has 0 spiro atoms. The largest absolute Gasteiger partial charge is 0.457 e. The molecule has 1 aromatic carbocycles. The predicted molar refractivity (Wildman–Crippen MR) is 120 cm³/mol. The highest BCUT2D eigenvalue weighted by Crippen LogP contribution is 2.33. The Morgan fingerprint density at radius 3 is 2.52 bits per heavy atom. The highest BCUT2D eigenvalue weighted by Gasteiger charge is 2.37. The summed E-state index contributed by atoms with van der Waals surface area (Å²) in [6.45, 7) is 1.19. The molecule has 2 aliphatic heterocycles. The van der Waals surface area contributed by atoms with Gasteiger partial charge in [-0.15, -0.1) is 0 Å². The van der Waals surface area contributed by atoms with Gasteiger partial charge >= 0.3 is 0 Å². The van der Waals surface area contributed by atoms with Crippen molar-refractivity contribution in [2.24, 2.45) is 0 Å². The standard InChI is InChI=1S/C21H19IN2O4S/c22-15-6-4-14(5-7-15)17-9-8-16(28-17)12-18-20(26)24(21(27)29-18)13-19(25)23-10-2-1-3-11-23/h4-9,12H,1-3,10-11,13H2/b18-12-. The molecule has 2 aliphatic rings. The van der Waals surface area contributed by atoms with Crippen LogP contribution in [0.1, 0.15) is 25.0 Å². The molecule has 3 heterocycles. The molecule has 0 atom stereocenters. The predicted octanol–water partition coefficient (Wildman–Crippen LogP) is 4.60. The smallest absolute Gasteiger partial charge is 0.294 e. The average molecular weight is 522 g/mol. The van der Waals surface area contributed by atoms with Crippen molar-refractivity contribution in [1.82, 2.24) is 9.80 Å². The number of piperidine rings is 1. The first-order valence-corrected chi connectivity index (χ1v) is 11.3. The fraction of sp³-hybridized carbons (Fsp3) is 0.286. The SMILES string of the molecule is O=C(CN1C(=O)S/C(=C\c2ccc(-c3ccc(I)cc3)o2)C1=O)N1CCCCC1. The lowest BCUT2D eigenvalue weighted by molar-refractivity contribution is -0.136. The average Bonchev–Trinajstić information content (AvgIpc) is 3.29. The van der Waals surface area contributed by atoms with Crippen molar-refractivity contribution in [2.75, 3.05) is 19.6 Å². The van der Waals surface area contributed by atoms with Gasteiger partial charge in [0.15, 0.2) is 0 Å². The lowest BCUT2D eigenvalue weighted by atomic mass is 10.1. The zero-order chi connectivity index (χ0) is 20.4. The number of halogens is 1. The van der Waals surface area contributed by atoms with Gasteiger partial charge in [-0.05, 0) is 77.9 Å².